The van der Waals surface area contributed by atoms with Gasteiger partial charge >= 0.3 is 0 Å². The number of nitrogens with two attached hydrogens (primary N) is 2. The number of nitrogen functional groups attached to an aromatic ring is 1. The number of hydrogen-bond donors (Lipinski definition) is 4. The Morgan fingerprint density at radius 2 is 1.97 bits per heavy atom. The zero-order valence-electron chi connectivity index (χ0n) is 18.3. The summed E-state index contributed by atoms with van der Waals surface area (Å²) in [6, 6.07) is 12.6. The van der Waals surface area contributed by atoms with E-state index >= 15 is 0 Å². The lowest BCUT2D eigenvalue weighted by atomic mass is 9.91. The number of fused-ring (bicyclic) bond motifs is 2. The molecule has 1 saturated carbocycles. The number of carbonyl (C=O) groups is 1. The fraction of sp³-hybridized carbons (Fsp3) is 0.440. The number of rotatable bonds is 5. The van der Waals surface area contributed by atoms with Crippen molar-refractivity contribution < 1.29 is 4.79 Å². The van der Waals surface area contributed by atoms with Gasteiger partial charge < -0.3 is 21.7 Å². The van der Waals surface area contributed by atoms with Gasteiger partial charge in [0.05, 0.1) is 0 Å². The van der Waals surface area contributed by atoms with Crippen LogP contribution in [0.5, 0.6) is 0 Å². The van der Waals surface area contributed by atoms with Crippen LogP contribution in [-0.4, -0.2) is 35.6 Å². The molecule has 2 heterocycles. The molecule has 5 rings (SSSR count). The van der Waals surface area contributed by atoms with Crippen LogP contribution in [0, 0.1) is 5.41 Å². The van der Waals surface area contributed by atoms with Crippen LogP contribution in [0.15, 0.2) is 41.3 Å². The first-order chi connectivity index (χ1) is 15.5. The summed E-state index contributed by atoms with van der Waals surface area (Å²) in [6.45, 7) is 0.679. The van der Waals surface area contributed by atoms with Crippen molar-refractivity contribution in [2.45, 2.75) is 68.1 Å². The van der Waals surface area contributed by atoms with E-state index in [1.807, 2.05) is 30.0 Å². The number of aryl methyl sites for hydroxylation is 1. The third-order valence-corrected chi connectivity index (χ3v) is 8.27. The molecule has 0 saturated heterocycles. The highest BCUT2D eigenvalue weighted by Crippen LogP contribution is 2.39. The lowest BCUT2D eigenvalue weighted by Gasteiger charge is -2.31. The van der Waals surface area contributed by atoms with E-state index in [4.69, 9.17) is 16.9 Å². The van der Waals surface area contributed by atoms with Crippen molar-refractivity contribution in [1.82, 2.24) is 5.32 Å². The third kappa shape index (κ3) is 4.11. The number of nitrogens with zero attached hydrogens (tertiary/aromatic N) is 1. The van der Waals surface area contributed by atoms with Gasteiger partial charge in [0.15, 0.2) is 0 Å². The third-order valence-electron chi connectivity index (χ3n) is 7.05. The second kappa shape index (κ2) is 8.79. The molecular formula is C25H31N5OS. The van der Waals surface area contributed by atoms with Crippen molar-refractivity contribution in [2.75, 3.05) is 10.7 Å². The second-order valence-electron chi connectivity index (χ2n) is 9.23. The number of hydrogen-bond acceptors (Lipinski definition) is 5. The minimum Gasteiger partial charge on any atom is -0.384 e. The standard InChI is InChI=1S/C25H31N5OS/c26-19-6-8-20(9-7-19)29-25(31)22-12-16-4-5-17(24(27)28)13-21(16)30(22)14-18-3-1-2-15-10-11-32-23(15)18/h1-5,13,19-20,22H,6-12,14,26H2,(H3,27,28)(H,29,31). The zero-order chi connectivity index (χ0) is 22.2. The van der Waals surface area contributed by atoms with Gasteiger partial charge in [0.1, 0.15) is 11.9 Å². The molecule has 1 aliphatic carbocycles. The molecule has 1 atom stereocenters. The van der Waals surface area contributed by atoms with Crippen molar-refractivity contribution in [3.8, 4) is 0 Å². The lowest BCUT2D eigenvalue weighted by molar-refractivity contribution is -0.123. The molecule has 1 unspecified atom stereocenters. The minimum absolute atomic E-state index is 0.0513. The van der Waals surface area contributed by atoms with Gasteiger partial charge in [-0.25, -0.2) is 0 Å². The maximum atomic E-state index is 13.5. The number of amides is 1. The Hall–Kier alpha value is -2.51. The van der Waals surface area contributed by atoms with E-state index in [9.17, 15) is 4.79 Å². The molecule has 3 aliphatic rings. The van der Waals surface area contributed by atoms with Crippen molar-refractivity contribution in [3.05, 3.63) is 58.7 Å². The lowest BCUT2D eigenvalue weighted by Crippen LogP contribution is -2.49. The van der Waals surface area contributed by atoms with Crippen LogP contribution in [0.2, 0.25) is 0 Å². The van der Waals surface area contributed by atoms with Crippen LogP contribution in [0.4, 0.5) is 5.69 Å². The Morgan fingerprint density at radius 3 is 2.75 bits per heavy atom. The molecule has 0 spiro atoms. The Balaban J connectivity index is 1.44. The van der Waals surface area contributed by atoms with Gasteiger partial charge in [0, 0.05) is 46.9 Å². The van der Waals surface area contributed by atoms with E-state index in [0.29, 0.717) is 18.5 Å². The average Bonchev–Trinajstić information content (AvgIpc) is 3.40. The van der Waals surface area contributed by atoms with Crippen molar-refractivity contribution in [3.63, 3.8) is 0 Å². The van der Waals surface area contributed by atoms with E-state index in [1.165, 1.54) is 16.0 Å². The molecule has 2 aliphatic heterocycles. The average molecular weight is 450 g/mol. The van der Waals surface area contributed by atoms with Crippen LogP contribution in [0.3, 0.4) is 0 Å². The fourth-order valence-corrected chi connectivity index (χ4v) is 6.44. The van der Waals surface area contributed by atoms with Crippen molar-refractivity contribution in [1.29, 1.82) is 5.41 Å². The number of benzene rings is 2. The van der Waals surface area contributed by atoms with Crippen LogP contribution in [-0.2, 0) is 24.2 Å². The molecule has 32 heavy (non-hydrogen) atoms. The largest absolute Gasteiger partial charge is 0.384 e. The summed E-state index contributed by atoms with van der Waals surface area (Å²) < 4.78 is 0. The number of anilines is 1. The van der Waals surface area contributed by atoms with E-state index in [2.05, 4.69) is 28.4 Å². The van der Waals surface area contributed by atoms with Gasteiger partial charge in [-0.3, -0.25) is 10.2 Å². The van der Waals surface area contributed by atoms with Gasteiger partial charge in [-0.05, 0) is 54.9 Å². The monoisotopic (exact) mass is 449 g/mol. The molecule has 2 aromatic carbocycles. The molecule has 6 nitrogen and oxygen atoms in total. The smallest absolute Gasteiger partial charge is 0.243 e. The van der Waals surface area contributed by atoms with Crippen LogP contribution >= 0.6 is 11.8 Å². The molecule has 1 fully saturated rings. The summed E-state index contributed by atoms with van der Waals surface area (Å²) in [5.41, 5.74) is 17.4. The zero-order valence-corrected chi connectivity index (χ0v) is 19.1. The quantitative estimate of drug-likeness (QED) is 0.415. The Kier molecular flexibility index (Phi) is 5.86. The summed E-state index contributed by atoms with van der Waals surface area (Å²) in [6.07, 6.45) is 5.61. The van der Waals surface area contributed by atoms with Gasteiger partial charge in [0.2, 0.25) is 5.91 Å². The van der Waals surface area contributed by atoms with Crippen LogP contribution < -0.4 is 21.7 Å². The van der Waals surface area contributed by atoms with Gasteiger partial charge in [-0.15, -0.1) is 11.8 Å². The maximum Gasteiger partial charge on any atom is 0.243 e. The number of amidine groups is 1. The summed E-state index contributed by atoms with van der Waals surface area (Å²) in [5.74, 6) is 1.26. The Bertz CT molecular complexity index is 1050. The predicted molar refractivity (Wildman–Crippen MR) is 130 cm³/mol. The first-order valence-electron chi connectivity index (χ1n) is 11.5. The molecule has 2 aromatic rings. The number of thioether (sulfide) groups is 1. The summed E-state index contributed by atoms with van der Waals surface area (Å²) in [4.78, 5) is 17.0. The molecule has 0 radical (unpaired) electrons. The summed E-state index contributed by atoms with van der Waals surface area (Å²) in [5, 5.41) is 11.2. The second-order valence-corrected chi connectivity index (χ2v) is 10.3. The maximum absolute atomic E-state index is 13.5. The van der Waals surface area contributed by atoms with E-state index in [-0.39, 0.29) is 29.9 Å². The molecule has 168 valence electrons. The van der Waals surface area contributed by atoms with Gasteiger partial charge in [-0.1, -0.05) is 30.3 Å². The summed E-state index contributed by atoms with van der Waals surface area (Å²) >= 11 is 1.91. The minimum atomic E-state index is -0.259. The van der Waals surface area contributed by atoms with Crippen LogP contribution in [0.1, 0.15) is 47.9 Å². The molecule has 0 aromatic heterocycles. The molecule has 7 heteroatoms. The predicted octanol–water partition coefficient (Wildman–Crippen LogP) is 2.94. The number of nitrogens with one attached hydrogen (secondary N) is 2. The van der Waals surface area contributed by atoms with Crippen molar-refractivity contribution >= 4 is 29.2 Å². The topological polar surface area (TPSA) is 108 Å². The van der Waals surface area contributed by atoms with Gasteiger partial charge in [-0.2, -0.15) is 0 Å². The normalized spacial score (nSPS) is 24.2. The highest BCUT2D eigenvalue weighted by molar-refractivity contribution is 7.99. The van der Waals surface area contributed by atoms with Gasteiger partial charge in [0.25, 0.3) is 0 Å². The molecule has 0 bridgehead atoms. The van der Waals surface area contributed by atoms with Crippen LogP contribution in [0.25, 0.3) is 0 Å². The first-order valence-corrected chi connectivity index (χ1v) is 12.5. The first kappa shape index (κ1) is 21.3. The van der Waals surface area contributed by atoms with E-state index < -0.39 is 0 Å². The summed E-state index contributed by atoms with van der Waals surface area (Å²) in [7, 11) is 0. The van der Waals surface area contributed by atoms with Crippen molar-refractivity contribution in [2.24, 2.45) is 11.5 Å². The van der Waals surface area contributed by atoms with E-state index in [0.717, 1.165) is 49.1 Å². The Morgan fingerprint density at radius 1 is 1.16 bits per heavy atom. The highest BCUT2D eigenvalue weighted by atomic mass is 32.2. The highest BCUT2D eigenvalue weighted by Gasteiger charge is 2.36. The van der Waals surface area contributed by atoms with E-state index in [1.54, 1.807) is 0 Å². The Labute approximate surface area is 193 Å². The molecule has 6 N–H and O–H groups in total. The SMILES string of the molecule is N=C(N)c1ccc2c(c1)N(Cc1cccc3c1SCC3)C(C(=O)NC1CCC(N)CC1)C2. The molecule has 1 amide bonds. The molecular weight excluding hydrogens is 418 g/mol. The fourth-order valence-electron chi connectivity index (χ4n) is 5.24. The number of carbonyl (C=O) groups excluding carboxylic acids is 1.